The SMILES string of the molecule is CC[C@H]1CNCCN1c1cccc(C(F)(F)F)c1. The first kappa shape index (κ1) is 13.2. The van der Waals surface area contributed by atoms with Crippen LogP contribution in [0.15, 0.2) is 24.3 Å². The predicted molar refractivity (Wildman–Crippen MR) is 65.7 cm³/mol. The normalized spacial score (nSPS) is 21.1. The minimum atomic E-state index is -4.27. The van der Waals surface area contributed by atoms with Gasteiger partial charge in [0.2, 0.25) is 0 Å². The second kappa shape index (κ2) is 5.18. The van der Waals surface area contributed by atoms with Gasteiger partial charge < -0.3 is 10.2 Å². The summed E-state index contributed by atoms with van der Waals surface area (Å²) in [4.78, 5) is 2.06. The van der Waals surface area contributed by atoms with Crippen LogP contribution in [0.3, 0.4) is 0 Å². The largest absolute Gasteiger partial charge is 0.416 e. The van der Waals surface area contributed by atoms with Crippen LogP contribution in [0.1, 0.15) is 18.9 Å². The van der Waals surface area contributed by atoms with Gasteiger partial charge in [-0.2, -0.15) is 13.2 Å². The second-order valence-electron chi connectivity index (χ2n) is 4.51. The molecular weight excluding hydrogens is 241 g/mol. The Morgan fingerprint density at radius 3 is 2.83 bits per heavy atom. The van der Waals surface area contributed by atoms with Crippen molar-refractivity contribution in [2.24, 2.45) is 0 Å². The van der Waals surface area contributed by atoms with Crippen molar-refractivity contribution < 1.29 is 13.2 Å². The Kier molecular flexibility index (Phi) is 3.80. The summed E-state index contributed by atoms with van der Waals surface area (Å²) >= 11 is 0. The van der Waals surface area contributed by atoms with E-state index in [1.165, 1.54) is 12.1 Å². The fraction of sp³-hybridized carbons (Fsp3) is 0.538. The molecule has 18 heavy (non-hydrogen) atoms. The molecule has 2 nitrogen and oxygen atoms in total. The number of anilines is 1. The Labute approximate surface area is 105 Å². The van der Waals surface area contributed by atoms with Crippen LogP contribution in [0.5, 0.6) is 0 Å². The van der Waals surface area contributed by atoms with Crippen LogP contribution >= 0.6 is 0 Å². The van der Waals surface area contributed by atoms with E-state index in [0.717, 1.165) is 32.1 Å². The molecule has 1 heterocycles. The van der Waals surface area contributed by atoms with E-state index in [1.807, 2.05) is 0 Å². The van der Waals surface area contributed by atoms with Gasteiger partial charge in [-0.05, 0) is 24.6 Å². The number of halogens is 3. The molecule has 1 aliphatic heterocycles. The van der Waals surface area contributed by atoms with E-state index in [1.54, 1.807) is 6.07 Å². The molecule has 1 aromatic carbocycles. The second-order valence-corrected chi connectivity index (χ2v) is 4.51. The lowest BCUT2D eigenvalue weighted by atomic mass is 10.1. The Balaban J connectivity index is 2.27. The molecule has 0 bridgehead atoms. The minimum absolute atomic E-state index is 0.266. The molecule has 1 aromatic rings. The summed E-state index contributed by atoms with van der Waals surface area (Å²) in [6, 6.07) is 5.86. The molecule has 1 atom stereocenters. The third-order valence-corrected chi connectivity index (χ3v) is 3.33. The van der Waals surface area contributed by atoms with E-state index < -0.39 is 11.7 Å². The summed E-state index contributed by atoms with van der Waals surface area (Å²) in [5.74, 6) is 0. The van der Waals surface area contributed by atoms with Crippen molar-refractivity contribution in [1.82, 2.24) is 5.32 Å². The van der Waals surface area contributed by atoms with Crippen LogP contribution in [0.4, 0.5) is 18.9 Å². The summed E-state index contributed by atoms with van der Waals surface area (Å²) in [6.45, 7) is 4.44. The van der Waals surface area contributed by atoms with Crippen LogP contribution in [-0.2, 0) is 6.18 Å². The number of nitrogens with one attached hydrogen (secondary N) is 1. The molecule has 100 valence electrons. The summed E-state index contributed by atoms with van der Waals surface area (Å²) in [5, 5.41) is 3.27. The minimum Gasteiger partial charge on any atom is -0.366 e. The number of hydrogen-bond donors (Lipinski definition) is 1. The Bertz CT molecular complexity index is 403. The van der Waals surface area contributed by atoms with E-state index in [2.05, 4.69) is 17.1 Å². The van der Waals surface area contributed by atoms with Gasteiger partial charge in [0.05, 0.1) is 5.56 Å². The zero-order valence-electron chi connectivity index (χ0n) is 10.3. The fourth-order valence-corrected chi connectivity index (χ4v) is 2.33. The third-order valence-electron chi connectivity index (χ3n) is 3.33. The van der Waals surface area contributed by atoms with E-state index in [4.69, 9.17) is 0 Å². The topological polar surface area (TPSA) is 15.3 Å². The number of benzene rings is 1. The quantitative estimate of drug-likeness (QED) is 0.877. The summed E-state index contributed by atoms with van der Waals surface area (Å²) in [7, 11) is 0. The summed E-state index contributed by atoms with van der Waals surface area (Å²) < 4.78 is 38.0. The Hall–Kier alpha value is -1.23. The van der Waals surface area contributed by atoms with E-state index in [-0.39, 0.29) is 6.04 Å². The fourth-order valence-electron chi connectivity index (χ4n) is 2.33. The average Bonchev–Trinajstić information content (AvgIpc) is 2.38. The number of alkyl halides is 3. The molecule has 0 aromatic heterocycles. The van der Waals surface area contributed by atoms with Crippen molar-refractivity contribution in [3.63, 3.8) is 0 Å². The molecular formula is C13H17F3N2. The molecule has 1 N–H and O–H groups in total. The third kappa shape index (κ3) is 2.77. The van der Waals surface area contributed by atoms with E-state index in [9.17, 15) is 13.2 Å². The van der Waals surface area contributed by atoms with Gasteiger partial charge >= 0.3 is 6.18 Å². The molecule has 0 spiro atoms. The van der Waals surface area contributed by atoms with Crippen molar-refractivity contribution in [3.05, 3.63) is 29.8 Å². The predicted octanol–water partition coefficient (Wildman–Crippen LogP) is 2.89. The Morgan fingerprint density at radius 2 is 2.17 bits per heavy atom. The van der Waals surface area contributed by atoms with Crippen LogP contribution in [0.25, 0.3) is 0 Å². The van der Waals surface area contributed by atoms with Gasteiger partial charge in [0.1, 0.15) is 0 Å². The molecule has 1 fully saturated rings. The van der Waals surface area contributed by atoms with Gasteiger partial charge in [-0.3, -0.25) is 0 Å². The first-order valence-electron chi connectivity index (χ1n) is 6.17. The van der Waals surface area contributed by atoms with Gasteiger partial charge in [-0.15, -0.1) is 0 Å². The first-order chi connectivity index (χ1) is 8.52. The van der Waals surface area contributed by atoms with Crippen LogP contribution in [0, 0.1) is 0 Å². The summed E-state index contributed by atoms with van der Waals surface area (Å²) in [6.07, 6.45) is -3.35. The van der Waals surface area contributed by atoms with Gasteiger partial charge in [0, 0.05) is 31.4 Å². The van der Waals surface area contributed by atoms with Crippen LogP contribution < -0.4 is 10.2 Å². The standard InChI is InChI=1S/C13H17F3N2/c1-2-11-9-17-6-7-18(11)12-5-3-4-10(8-12)13(14,15)16/h3-5,8,11,17H,2,6-7,9H2,1H3/t11-/m0/s1. The van der Waals surface area contributed by atoms with Crippen molar-refractivity contribution in [1.29, 1.82) is 0 Å². The maximum atomic E-state index is 12.7. The van der Waals surface area contributed by atoms with Crippen molar-refractivity contribution in [2.75, 3.05) is 24.5 Å². The van der Waals surface area contributed by atoms with Crippen molar-refractivity contribution >= 4 is 5.69 Å². The highest BCUT2D eigenvalue weighted by Gasteiger charge is 2.31. The van der Waals surface area contributed by atoms with Gasteiger partial charge in [0.25, 0.3) is 0 Å². The zero-order valence-corrected chi connectivity index (χ0v) is 10.3. The highest BCUT2D eigenvalue weighted by Crippen LogP contribution is 2.32. The zero-order chi connectivity index (χ0) is 13.2. The lowest BCUT2D eigenvalue weighted by molar-refractivity contribution is -0.137. The first-order valence-corrected chi connectivity index (χ1v) is 6.17. The van der Waals surface area contributed by atoms with Gasteiger partial charge in [-0.25, -0.2) is 0 Å². The molecule has 0 unspecified atom stereocenters. The molecule has 0 radical (unpaired) electrons. The molecule has 0 amide bonds. The van der Waals surface area contributed by atoms with E-state index >= 15 is 0 Å². The molecule has 1 aliphatic rings. The lowest BCUT2D eigenvalue weighted by Crippen LogP contribution is -2.51. The van der Waals surface area contributed by atoms with Gasteiger partial charge in [0.15, 0.2) is 0 Å². The van der Waals surface area contributed by atoms with Gasteiger partial charge in [-0.1, -0.05) is 13.0 Å². The maximum absolute atomic E-state index is 12.7. The molecule has 1 saturated heterocycles. The Morgan fingerprint density at radius 1 is 1.39 bits per heavy atom. The number of nitrogens with zero attached hydrogens (tertiary/aromatic N) is 1. The number of rotatable bonds is 2. The summed E-state index contributed by atoms with van der Waals surface area (Å²) in [5.41, 5.74) is 0.0894. The monoisotopic (exact) mass is 258 g/mol. The molecule has 5 heteroatoms. The van der Waals surface area contributed by atoms with E-state index in [0.29, 0.717) is 5.69 Å². The van der Waals surface area contributed by atoms with Crippen molar-refractivity contribution in [2.45, 2.75) is 25.6 Å². The van der Waals surface area contributed by atoms with Crippen LogP contribution in [0.2, 0.25) is 0 Å². The lowest BCUT2D eigenvalue weighted by Gasteiger charge is -2.37. The van der Waals surface area contributed by atoms with Crippen molar-refractivity contribution in [3.8, 4) is 0 Å². The highest BCUT2D eigenvalue weighted by molar-refractivity contribution is 5.50. The molecule has 0 aliphatic carbocycles. The molecule has 2 rings (SSSR count). The smallest absolute Gasteiger partial charge is 0.366 e. The molecule has 0 saturated carbocycles. The maximum Gasteiger partial charge on any atom is 0.416 e. The van der Waals surface area contributed by atoms with Crippen LogP contribution in [-0.4, -0.2) is 25.7 Å². The number of piperazine rings is 1. The average molecular weight is 258 g/mol. The highest BCUT2D eigenvalue weighted by atomic mass is 19.4. The number of hydrogen-bond acceptors (Lipinski definition) is 2.